The Kier molecular flexibility index (Phi) is 4.95. The summed E-state index contributed by atoms with van der Waals surface area (Å²) in [5.74, 6) is 0.585. The van der Waals surface area contributed by atoms with Gasteiger partial charge in [0.15, 0.2) is 6.29 Å². The van der Waals surface area contributed by atoms with Crippen molar-refractivity contribution in [3.05, 3.63) is 23.5 Å². The highest BCUT2D eigenvalue weighted by molar-refractivity contribution is 7.88. The fourth-order valence-electron chi connectivity index (χ4n) is 2.44. The molecule has 1 unspecified atom stereocenters. The number of carbonyl (C=O) groups excluding carboxylic acids is 1. The molecule has 0 N–H and O–H groups in total. The van der Waals surface area contributed by atoms with Gasteiger partial charge in [-0.3, -0.25) is 4.79 Å². The maximum Gasteiger partial charge on any atom is 0.211 e. The maximum atomic E-state index is 11.6. The Morgan fingerprint density at radius 2 is 2.24 bits per heavy atom. The molecule has 0 aliphatic carbocycles. The number of aromatic nitrogens is 1. The van der Waals surface area contributed by atoms with E-state index in [2.05, 4.69) is 4.98 Å². The highest BCUT2D eigenvalue weighted by atomic mass is 32.2. The number of sulfonamides is 1. The molecule has 21 heavy (non-hydrogen) atoms. The summed E-state index contributed by atoms with van der Waals surface area (Å²) in [6.45, 7) is 3.23. The molecule has 0 radical (unpaired) electrons. The van der Waals surface area contributed by atoms with Crippen LogP contribution in [-0.2, 0) is 10.0 Å². The summed E-state index contributed by atoms with van der Waals surface area (Å²) < 4.78 is 30.3. The summed E-state index contributed by atoms with van der Waals surface area (Å²) in [6, 6.07) is 3.51. The third kappa shape index (κ3) is 4.25. The first-order valence-corrected chi connectivity index (χ1v) is 8.75. The van der Waals surface area contributed by atoms with Gasteiger partial charge in [0, 0.05) is 24.7 Å². The molecule has 1 aromatic rings. The number of ether oxygens (including phenoxy) is 1. The Hall–Kier alpha value is -1.47. The number of nitrogens with zero attached hydrogens (tertiary/aromatic N) is 2. The zero-order valence-electron chi connectivity index (χ0n) is 12.3. The van der Waals surface area contributed by atoms with Crippen molar-refractivity contribution in [1.29, 1.82) is 0 Å². The molecule has 116 valence electrons. The Morgan fingerprint density at radius 1 is 1.48 bits per heavy atom. The minimum atomic E-state index is -3.15. The SMILES string of the molecule is Cc1ccc(OCC2CCCN(S(C)(=O)=O)C2)c(C=O)n1. The molecule has 1 aromatic heterocycles. The van der Waals surface area contributed by atoms with Gasteiger partial charge in [0.2, 0.25) is 10.0 Å². The van der Waals surface area contributed by atoms with Crippen LogP contribution in [0.5, 0.6) is 5.75 Å². The predicted octanol–water partition coefficient (Wildman–Crippen LogP) is 1.25. The van der Waals surface area contributed by atoms with Gasteiger partial charge in [-0.1, -0.05) is 0 Å². The number of aryl methyl sites for hydroxylation is 1. The van der Waals surface area contributed by atoms with Crippen molar-refractivity contribution in [2.75, 3.05) is 26.0 Å². The van der Waals surface area contributed by atoms with Gasteiger partial charge in [0.25, 0.3) is 0 Å². The predicted molar refractivity (Wildman–Crippen MR) is 79.0 cm³/mol. The average Bonchev–Trinajstić information content (AvgIpc) is 2.45. The molecule has 7 heteroatoms. The number of carbonyl (C=O) groups is 1. The third-order valence-electron chi connectivity index (χ3n) is 3.56. The van der Waals surface area contributed by atoms with E-state index in [0.29, 0.717) is 31.7 Å². The Morgan fingerprint density at radius 3 is 2.90 bits per heavy atom. The van der Waals surface area contributed by atoms with E-state index in [1.807, 2.05) is 6.92 Å². The fraction of sp³-hybridized carbons (Fsp3) is 0.571. The number of pyridine rings is 1. The molecule has 0 bridgehead atoms. The highest BCUT2D eigenvalue weighted by Gasteiger charge is 2.26. The lowest BCUT2D eigenvalue weighted by Gasteiger charge is -2.30. The lowest BCUT2D eigenvalue weighted by atomic mass is 10.0. The summed E-state index contributed by atoms with van der Waals surface area (Å²) in [5.41, 5.74) is 1.04. The molecule has 1 fully saturated rings. The smallest absolute Gasteiger partial charge is 0.211 e. The third-order valence-corrected chi connectivity index (χ3v) is 4.83. The van der Waals surface area contributed by atoms with E-state index in [1.165, 1.54) is 10.6 Å². The van der Waals surface area contributed by atoms with Crippen molar-refractivity contribution in [3.63, 3.8) is 0 Å². The van der Waals surface area contributed by atoms with Crippen molar-refractivity contribution in [2.24, 2.45) is 5.92 Å². The van der Waals surface area contributed by atoms with Gasteiger partial charge in [-0.25, -0.2) is 17.7 Å². The Labute approximate surface area is 125 Å². The van der Waals surface area contributed by atoms with Crippen molar-refractivity contribution >= 4 is 16.3 Å². The summed E-state index contributed by atoms with van der Waals surface area (Å²) >= 11 is 0. The number of aldehydes is 1. The highest BCUT2D eigenvalue weighted by Crippen LogP contribution is 2.21. The van der Waals surface area contributed by atoms with E-state index in [9.17, 15) is 13.2 Å². The van der Waals surface area contributed by atoms with Gasteiger partial charge in [-0.05, 0) is 31.9 Å². The van der Waals surface area contributed by atoms with Crippen molar-refractivity contribution in [1.82, 2.24) is 9.29 Å². The first-order chi connectivity index (χ1) is 9.90. The largest absolute Gasteiger partial charge is 0.491 e. The number of rotatable bonds is 5. The van der Waals surface area contributed by atoms with Crippen LogP contribution < -0.4 is 4.74 Å². The normalized spacial score (nSPS) is 20.2. The van der Waals surface area contributed by atoms with Gasteiger partial charge < -0.3 is 4.74 Å². The van der Waals surface area contributed by atoms with Crippen molar-refractivity contribution in [3.8, 4) is 5.75 Å². The topological polar surface area (TPSA) is 76.6 Å². The van der Waals surface area contributed by atoms with Gasteiger partial charge in [-0.15, -0.1) is 0 Å². The lowest BCUT2D eigenvalue weighted by Crippen LogP contribution is -2.41. The number of hydrogen-bond acceptors (Lipinski definition) is 5. The minimum Gasteiger partial charge on any atom is -0.491 e. The molecule has 1 aliphatic rings. The second-order valence-corrected chi connectivity index (χ2v) is 7.38. The molecule has 1 saturated heterocycles. The van der Waals surface area contributed by atoms with Crippen molar-refractivity contribution < 1.29 is 17.9 Å². The minimum absolute atomic E-state index is 0.134. The molecule has 6 nitrogen and oxygen atoms in total. The zero-order chi connectivity index (χ0) is 15.5. The molecule has 2 heterocycles. The van der Waals surface area contributed by atoms with E-state index in [4.69, 9.17) is 4.74 Å². The molecule has 1 aliphatic heterocycles. The molecular formula is C14H20N2O4S. The van der Waals surface area contributed by atoms with Gasteiger partial charge >= 0.3 is 0 Å². The Balaban J connectivity index is 1.98. The standard InChI is InChI=1S/C14H20N2O4S/c1-11-5-6-14(13(9-17)15-11)20-10-12-4-3-7-16(8-12)21(2,18)19/h5-6,9,12H,3-4,7-8,10H2,1-2H3. The van der Waals surface area contributed by atoms with E-state index in [-0.39, 0.29) is 11.6 Å². The quantitative estimate of drug-likeness (QED) is 0.765. The van der Waals surface area contributed by atoms with E-state index < -0.39 is 10.0 Å². The van der Waals surface area contributed by atoms with Crippen LogP contribution in [0, 0.1) is 12.8 Å². The van der Waals surface area contributed by atoms with Crippen molar-refractivity contribution in [2.45, 2.75) is 19.8 Å². The first kappa shape index (κ1) is 15.9. The van der Waals surface area contributed by atoms with Crippen LogP contribution >= 0.6 is 0 Å². The molecule has 0 spiro atoms. The average molecular weight is 312 g/mol. The number of piperidine rings is 1. The van der Waals surface area contributed by atoms with Crippen LogP contribution in [0.4, 0.5) is 0 Å². The van der Waals surface area contributed by atoms with Crippen LogP contribution in [0.2, 0.25) is 0 Å². The second kappa shape index (κ2) is 6.53. The molecule has 0 saturated carbocycles. The summed E-state index contributed by atoms with van der Waals surface area (Å²) in [6.07, 6.45) is 3.64. The molecular weight excluding hydrogens is 292 g/mol. The maximum absolute atomic E-state index is 11.6. The molecule has 1 atom stereocenters. The van der Waals surface area contributed by atoms with Crippen LogP contribution in [0.15, 0.2) is 12.1 Å². The number of hydrogen-bond donors (Lipinski definition) is 0. The molecule has 0 amide bonds. The van der Waals surface area contributed by atoms with Gasteiger partial charge in [-0.2, -0.15) is 0 Å². The van der Waals surface area contributed by atoms with E-state index in [1.54, 1.807) is 12.1 Å². The first-order valence-electron chi connectivity index (χ1n) is 6.91. The lowest BCUT2D eigenvalue weighted by molar-refractivity contribution is 0.111. The molecule has 2 rings (SSSR count). The summed E-state index contributed by atoms with van der Waals surface area (Å²) in [7, 11) is -3.15. The van der Waals surface area contributed by atoms with E-state index >= 15 is 0 Å². The zero-order valence-corrected chi connectivity index (χ0v) is 13.1. The van der Waals surface area contributed by atoms with Crippen LogP contribution in [0.1, 0.15) is 29.0 Å². The van der Waals surface area contributed by atoms with Crippen LogP contribution in [0.25, 0.3) is 0 Å². The van der Waals surface area contributed by atoms with Crippen LogP contribution in [-0.4, -0.2) is 49.9 Å². The monoisotopic (exact) mass is 312 g/mol. The summed E-state index contributed by atoms with van der Waals surface area (Å²) in [4.78, 5) is 15.1. The van der Waals surface area contributed by atoms with Gasteiger partial charge in [0.1, 0.15) is 11.4 Å². The summed E-state index contributed by atoms with van der Waals surface area (Å²) in [5, 5.41) is 0. The van der Waals surface area contributed by atoms with E-state index in [0.717, 1.165) is 18.5 Å². The second-order valence-electron chi connectivity index (χ2n) is 5.39. The van der Waals surface area contributed by atoms with Gasteiger partial charge in [0.05, 0.1) is 12.9 Å². The van der Waals surface area contributed by atoms with Crippen LogP contribution in [0.3, 0.4) is 0 Å². The Bertz CT molecular complexity index is 615. The fourth-order valence-corrected chi connectivity index (χ4v) is 3.38. The molecule has 0 aromatic carbocycles.